The number of nitrogens with one attached hydrogen (secondary N) is 1. The van der Waals surface area contributed by atoms with E-state index in [-0.39, 0.29) is 5.91 Å². The molecule has 0 fully saturated rings. The molecule has 0 atom stereocenters. The Hall–Kier alpha value is -2.70. The smallest absolute Gasteiger partial charge is 0.257 e. The van der Waals surface area contributed by atoms with Crippen LogP contribution in [0.3, 0.4) is 0 Å². The Morgan fingerprint density at radius 3 is 2.55 bits per heavy atom. The number of amides is 1. The lowest BCUT2D eigenvalue weighted by Gasteiger charge is -2.10. The molecule has 1 amide bonds. The summed E-state index contributed by atoms with van der Waals surface area (Å²) in [5.74, 6) is 1.19. The highest BCUT2D eigenvalue weighted by molar-refractivity contribution is 6.05. The predicted octanol–water partition coefficient (Wildman–Crippen LogP) is 1.27. The minimum absolute atomic E-state index is 0.304. The third kappa shape index (κ3) is 2.51. The van der Waals surface area contributed by atoms with Crippen LogP contribution < -0.4 is 20.5 Å². The summed E-state index contributed by atoms with van der Waals surface area (Å²) >= 11 is 0. The number of anilines is 2. The molecule has 2 aromatic rings. The number of benzene rings is 1. The minimum Gasteiger partial charge on any atom is -0.493 e. The van der Waals surface area contributed by atoms with Crippen LogP contribution in [-0.4, -0.2) is 29.9 Å². The van der Waals surface area contributed by atoms with E-state index < -0.39 is 0 Å². The van der Waals surface area contributed by atoms with Crippen molar-refractivity contribution < 1.29 is 14.3 Å². The first-order valence-corrected chi connectivity index (χ1v) is 5.87. The summed E-state index contributed by atoms with van der Waals surface area (Å²) < 4.78 is 11.8. The average molecular weight is 276 g/mol. The maximum absolute atomic E-state index is 12.2. The standard InChI is InChI=1S/C13H16N4O3/c1-17-12(9(14)7-15-17)16-13(18)8-4-5-10(19-2)11(6-8)20-3/h4-7H,14H2,1-3H3,(H,16,18). The van der Waals surface area contributed by atoms with E-state index in [9.17, 15) is 4.79 Å². The van der Waals surface area contributed by atoms with Crippen LogP contribution in [0.15, 0.2) is 24.4 Å². The number of nitrogen functional groups attached to an aromatic ring is 1. The van der Waals surface area contributed by atoms with Gasteiger partial charge < -0.3 is 20.5 Å². The molecule has 3 N–H and O–H groups in total. The van der Waals surface area contributed by atoms with Crippen molar-refractivity contribution in [2.75, 3.05) is 25.3 Å². The van der Waals surface area contributed by atoms with Gasteiger partial charge >= 0.3 is 0 Å². The number of carbonyl (C=O) groups excluding carboxylic acids is 1. The number of nitrogens with two attached hydrogens (primary N) is 1. The number of carbonyl (C=O) groups is 1. The third-order valence-corrected chi connectivity index (χ3v) is 2.84. The van der Waals surface area contributed by atoms with Gasteiger partial charge in [0.05, 0.1) is 26.1 Å². The molecule has 7 heteroatoms. The Morgan fingerprint density at radius 2 is 2.00 bits per heavy atom. The zero-order valence-electron chi connectivity index (χ0n) is 11.5. The molecule has 7 nitrogen and oxygen atoms in total. The van der Waals surface area contributed by atoms with E-state index in [4.69, 9.17) is 15.2 Å². The van der Waals surface area contributed by atoms with Crippen molar-refractivity contribution in [3.63, 3.8) is 0 Å². The Labute approximate surface area is 116 Å². The van der Waals surface area contributed by atoms with Gasteiger partial charge in [0.1, 0.15) is 0 Å². The molecule has 0 saturated carbocycles. The normalized spacial score (nSPS) is 10.2. The first kappa shape index (κ1) is 13.7. The number of rotatable bonds is 4. The number of ether oxygens (including phenoxy) is 2. The van der Waals surface area contributed by atoms with Gasteiger partial charge in [-0.3, -0.25) is 9.48 Å². The van der Waals surface area contributed by atoms with Gasteiger partial charge in [-0.05, 0) is 18.2 Å². The molecule has 0 bridgehead atoms. The Balaban J connectivity index is 2.26. The van der Waals surface area contributed by atoms with Crippen molar-refractivity contribution in [1.29, 1.82) is 0 Å². The molecule has 1 aromatic heterocycles. The first-order valence-electron chi connectivity index (χ1n) is 5.87. The lowest BCUT2D eigenvalue weighted by Crippen LogP contribution is -2.15. The first-order chi connectivity index (χ1) is 9.56. The van der Waals surface area contributed by atoms with Crippen LogP contribution in [0.2, 0.25) is 0 Å². The predicted molar refractivity (Wildman–Crippen MR) is 75.1 cm³/mol. The summed E-state index contributed by atoms with van der Waals surface area (Å²) in [7, 11) is 4.74. The maximum Gasteiger partial charge on any atom is 0.257 e. The Bertz CT molecular complexity index is 617. The molecular weight excluding hydrogens is 260 g/mol. The van der Waals surface area contributed by atoms with E-state index in [1.165, 1.54) is 25.1 Å². The lowest BCUT2D eigenvalue weighted by molar-refractivity contribution is 0.102. The Kier molecular flexibility index (Phi) is 3.79. The molecule has 1 heterocycles. The van der Waals surface area contributed by atoms with Crippen LogP contribution in [0.4, 0.5) is 11.5 Å². The SMILES string of the molecule is COc1ccc(C(=O)Nc2c(N)cnn2C)cc1OC. The van der Waals surface area contributed by atoms with Crippen molar-refractivity contribution in [1.82, 2.24) is 9.78 Å². The highest BCUT2D eigenvalue weighted by Crippen LogP contribution is 2.28. The summed E-state index contributed by atoms with van der Waals surface area (Å²) in [5.41, 5.74) is 6.56. The van der Waals surface area contributed by atoms with Crippen molar-refractivity contribution in [3.05, 3.63) is 30.0 Å². The zero-order chi connectivity index (χ0) is 14.7. The van der Waals surface area contributed by atoms with E-state index in [1.54, 1.807) is 25.2 Å². The van der Waals surface area contributed by atoms with Crippen LogP contribution in [0, 0.1) is 0 Å². The molecule has 0 unspecified atom stereocenters. The summed E-state index contributed by atoms with van der Waals surface area (Å²) in [5, 5.41) is 6.66. The van der Waals surface area contributed by atoms with Crippen LogP contribution in [-0.2, 0) is 7.05 Å². The fourth-order valence-electron chi connectivity index (χ4n) is 1.76. The van der Waals surface area contributed by atoms with Crippen molar-refractivity contribution in [2.45, 2.75) is 0 Å². The highest BCUT2D eigenvalue weighted by atomic mass is 16.5. The maximum atomic E-state index is 12.2. The monoisotopic (exact) mass is 276 g/mol. The van der Waals surface area contributed by atoms with Crippen LogP contribution in [0.1, 0.15) is 10.4 Å². The molecule has 0 saturated heterocycles. The number of hydrogen-bond acceptors (Lipinski definition) is 5. The second kappa shape index (κ2) is 5.52. The summed E-state index contributed by atoms with van der Waals surface area (Å²) in [4.78, 5) is 12.2. The topological polar surface area (TPSA) is 91.4 Å². The average Bonchev–Trinajstić information content (AvgIpc) is 2.78. The minimum atomic E-state index is -0.304. The number of hydrogen-bond donors (Lipinski definition) is 2. The van der Waals surface area contributed by atoms with Crippen LogP contribution >= 0.6 is 0 Å². The van der Waals surface area contributed by atoms with E-state index in [1.807, 2.05) is 0 Å². The molecule has 0 radical (unpaired) electrons. The molecule has 0 spiro atoms. The summed E-state index contributed by atoms with van der Waals surface area (Å²) in [6, 6.07) is 4.91. The van der Waals surface area contributed by atoms with E-state index in [0.717, 1.165) is 0 Å². The van der Waals surface area contributed by atoms with Gasteiger partial charge in [0, 0.05) is 12.6 Å². The van der Waals surface area contributed by atoms with Gasteiger partial charge in [-0.15, -0.1) is 0 Å². The van der Waals surface area contributed by atoms with Gasteiger partial charge in [-0.2, -0.15) is 5.10 Å². The number of aromatic nitrogens is 2. The van der Waals surface area contributed by atoms with Gasteiger partial charge in [-0.25, -0.2) is 0 Å². The molecule has 2 rings (SSSR count). The molecule has 0 aliphatic rings. The van der Waals surface area contributed by atoms with Crippen LogP contribution in [0.25, 0.3) is 0 Å². The van der Waals surface area contributed by atoms with Crippen molar-refractivity contribution >= 4 is 17.4 Å². The fourth-order valence-corrected chi connectivity index (χ4v) is 1.76. The van der Waals surface area contributed by atoms with Crippen molar-refractivity contribution in [2.24, 2.45) is 7.05 Å². The number of nitrogens with zero attached hydrogens (tertiary/aromatic N) is 2. The molecule has 0 aliphatic heterocycles. The second-order valence-electron chi connectivity index (χ2n) is 4.10. The Morgan fingerprint density at radius 1 is 1.30 bits per heavy atom. The molecule has 106 valence electrons. The van der Waals surface area contributed by atoms with Crippen molar-refractivity contribution in [3.8, 4) is 11.5 Å². The largest absolute Gasteiger partial charge is 0.493 e. The van der Waals surface area contributed by atoms with E-state index in [2.05, 4.69) is 10.4 Å². The fraction of sp³-hybridized carbons (Fsp3) is 0.231. The number of methoxy groups -OCH3 is 2. The lowest BCUT2D eigenvalue weighted by atomic mass is 10.2. The second-order valence-corrected chi connectivity index (χ2v) is 4.10. The van der Waals surface area contributed by atoms with Gasteiger partial charge in [0.2, 0.25) is 0 Å². The van der Waals surface area contributed by atoms with E-state index in [0.29, 0.717) is 28.6 Å². The van der Waals surface area contributed by atoms with Gasteiger partial charge in [-0.1, -0.05) is 0 Å². The zero-order valence-corrected chi connectivity index (χ0v) is 11.5. The summed E-state index contributed by atoms with van der Waals surface area (Å²) in [6.07, 6.45) is 1.48. The van der Waals surface area contributed by atoms with Gasteiger partial charge in [0.15, 0.2) is 17.3 Å². The quantitative estimate of drug-likeness (QED) is 0.877. The molecule has 0 aliphatic carbocycles. The van der Waals surface area contributed by atoms with E-state index >= 15 is 0 Å². The number of aryl methyl sites for hydroxylation is 1. The van der Waals surface area contributed by atoms with Crippen LogP contribution in [0.5, 0.6) is 11.5 Å². The molecular formula is C13H16N4O3. The molecule has 20 heavy (non-hydrogen) atoms. The third-order valence-electron chi connectivity index (χ3n) is 2.84. The molecule has 1 aromatic carbocycles. The van der Waals surface area contributed by atoms with Gasteiger partial charge in [0.25, 0.3) is 5.91 Å². The highest BCUT2D eigenvalue weighted by Gasteiger charge is 2.14. The summed E-state index contributed by atoms with van der Waals surface area (Å²) in [6.45, 7) is 0.